The summed E-state index contributed by atoms with van der Waals surface area (Å²) in [5.41, 5.74) is 1.03. The van der Waals surface area contributed by atoms with Crippen LogP contribution in [0.2, 0.25) is 0 Å². The van der Waals surface area contributed by atoms with Crippen molar-refractivity contribution in [2.45, 2.75) is 44.7 Å². The van der Waals surface area contributed by atoms with Gasteiger partial charge >= 0.3 is 0 Å². The Bertz CT molecular complexity index is 794. The summed E-state index contributed by atoms with van der Waals surface area (Å²) in [7, 11) is 1.58. The zero-order valence-electron chi connectivity index (χ0n) is 14.4. The van der Waals surface area contributed by atoms with Crippen LogP contribution in [0.5, 0.6) is 5.75 Å². The van der Waals surface area contributed by atoms with E-state index in [1.54, 1.807) is 7.11 Å². The van der Waals surface area contributed by atoms with Crippen molar-refractivity contribution >= 4 is 5.91 Å². The van der Waals surface area contributed by atoms with Gasteiger partial charge in [-0.2, -0.15) is 0 Å². The summed E-state index contributed by atoms with van der Waals surface area (Å²) in [4.78, 5) is 28.8. The predicted molar refractivity (Wildman–Crippen MR) is 95.5 cm³/mol. The van der Waals surface area contributed by atoms with Gasteiger partial charge in [-0.05, 0) is 25.0 Å². The molecule has 3 rings (SSSR count). The van der Waals surface area contributed by atoms with Gasteiger partial charge in [-0.3, -0.25) is 14.2 Å². The highest BCUT2D eigenvalue weighted by molar-refractivity contribution is 5.76. The Kier molecular flexibility index (Phi) is 5.48. The second-order valence-corrected chi connectivity index (χ2v) is 6.34. The third-order valence-electron chi connectivity index (χ3n) is 4.55. The van der Waals surface area contributed by atoms with E-state index in [4.69, 9.17) is 4.74 Å². The Morgan fingerprint density at radius 1 is 1.28 bits per heavy atom. The first-order chi connectivity index (χ1) is 12.2. The molecular formula is C19H23N3O3. The van der Waals surface area contributed by atoms with Gasteiger partial charge in [-0.1, -0.05) is 31.4 Å². The molecule has 6 heteroatoms. The molecule has 0 unspecified atom stereocenters. The number of methoxy groups -OCH3 is 1. The lowest BCUT2D eigenvalue weighted by Gasteiger charge is -2.22. The molecule has 0 radical (unpaired) electrons. The van der Waals surface area contributed by atoms with Crippen molar-refractivity contribution in [1.29, 1.82) is 0 Å². The molecule has 0 atom stereocenters. The van der Waals surface area contributed by atoms with Gasteiger partial charge in [0, 0.05) is 17.7 Å². The number of hydrogen-bond donors (Lipinski definition) is 1. The summed E-state index contributed by atoms with van der Waals surface area (Å²) in [6.07, 6.45) is 7.00. The maximum atomic E-state index is 12.3. The quantitative estimate of drug-likeness (QED) is 0.906. The first kappa shape index (κ1) is 17.2. The predicted octanol–water partition coefficient (Wildman–Crippen LogP) is 2.37. The maximum absolute atomic E-state index is 12.3. The van der Waals surface area contributed by atoms with Gasteiger partial charge < -0.3 is 10.1 Å². The molecule has 1 aliphatic carbocycles. The zero-order valence-corrected chi connectivity index (χ0v) is 14.4. The fraction of sp³-hybridized carbons (Fsp3) is 0.421. The average Bonchev–Trinajstić information content (AvgIpc) is 2.64. The molecule has 1 fully saturated rings. The highest BCUT2D eigenvalue weighted by Gasteiger charge is 2.16. The fourth-order valence-corrected chi connectivity index (χ4v) is 3.22. The first-order valence-corrected chi connectivity index (χ1v) is 8.66. The summed E-state index contributed by atoms with van der Waals surface area (Å²) >= 11 is 0. The molecule has 132 valence electrons. The molecule has 25 heavy (non-hydrogen) atoms. The van der Waals surface area contributed by atoms with Gasteiger partial charge in [-0.15, -0.1) is 0 Å². The number of amides is 1. The van der Waals surface area contributed by atoms with Gasteiger partial charge in [-0.25, -0.2) is 4.98 Å². The van der Waals surface area contributed by atoms with Crippen LogP contribution in [0.15, 0.2) is 41.5 Å². The Hall–Kier alpha value is -2.63. The lowest BCUT2D eigenvalue weighted by Crippen LogP contribution is -2.39. The number of ether oxygens (including phenoxy) is 1. The first-order valence-electron chi connectivity index (χ1n) is 8.66. The molecule has 0 bridgehead atoms. The normalized spacial score (nSPS) is 14.9. The van der Waals surface area contributed by atoms with Crippen LogP contribution in [0.4, 0.5) is 0 Å². The highest BCUT2D eigenvalue weighted by Crippen LogP contribution is 2.26. The van der Waals surface area contributed by atoms with Gasteiger partial charge in [0.2, 0.25) is 5.91 Å². The standard InChI is InChI=1S/C19H23N3O3/c1-25-17-10-6-5-9-15(17)16-11-19(24)22(13-20-16)12-18(23)21-14-7-3-2-4-8-14/h5-6,9-11,13-14H,2-4,7-8,12H2,1H3,(H,21,23). The van der Waals surface area contributed by atoms with Crippen molar-refractivity contribution in [1.82, 2.24) is 14.9 Å². The molecule has 1 N–H and O–H groups in total. The Morgan fingerprint density at radius 2 is 2.04 bits per heavy atom. The minimum Gasteiger partial charge on any atom is -0.496 e. The largest absolute Gasteiger partial charge is 0.496 e. The summed E-state index contributed by atoms with van der Waals surface area (Å²) in [5.74, 6) is 0.517. The van der Waals surface area contributed by atoms with E-state index >= 15 is 0 Å². The van der Waals surface area contributed by atoms with E-state index in [0.717, 1.165) is 31.2 Å². The highest BCUT2D eigenvalue weighted by atomic mass is 16.5. The van der Waals surface area contributed by atoms with Gasteiger partial charge in [0.1, 0.15) is 12.3 Å². The molecule has 1 aromatic carbocycles. The lowest BCUT2D eigenvalue weighted by molar-refractivity contribution is -0.122. The number of benzene rings is 1. The molecule has 1 amide bonds. The van der Waals surface area contributed by atoms with E-state index in [1.807, 2.05) is 24.3 Å². The topological polar surface area (TPSA) is 73.2 Å². The van der Waals surface area contributed by atoms with Crippen LogP contribution >= 0.6 is 0 Å². The Labute approximate surface area is 146 Å². The summed E-state index contributed by atoms with van der Waals surface area (Å²) in [5, 5.41) is 3.01. The van der Waals surface area contributed by atoms with E-state index in [0.29, 0.717) is 11.4 Å². The number of nitrogens with one attached hydrogen (secondary N) is 1. The Morgan fingerprint density at radius 3 is 2.76 bits per heavy atom. The second-order valence-electron chi connectivity index (χ2n) is 6.34. The van der Waals surface area contributed by atoms with E-state index in [1.165, 1.54) is 23.4 Å². The molecule has 1 heterocycles. The molecule has 1 aromatic heterocycles. The average molecular weight is 341 g/mol. The Balaban J connectivity index is 1.71. The van der Waals surface area contributed by atoms with Crippen LogP contribution in [0.3, 0.4) is 0 Å². The summed E-state index contributed by atoms with van der Waals surface area (Å²) < 4.78 is 6.64. The van der Waals surface area contributed by atoms with Gasteiger partial charge in [0.25, 0.3) is 5.56 Å². The van der Waals surface area contributed by atoms with E-state index < -0.39 is 0 Å². The van der Waals surface area contributed by atoms with E-state index in [9.17, 15) is 9.59 Å². The van der Waals surface area contributed by atoms with Gasteiger partial charge in [0.15, 0.2) is 0 Å². The van der Waals surface area contributed by atoms with Crippen molar-refractivity contribution in [2.24, 2.45) is 0 Å². The number of para-hydroxylation sites is 1. The molecule has 6 nitrogen and oxygen atoms in total. The van der Waals surface area contributed by atoms with Crippen LogP contribution in [0, 0.1) is 0 Å². The van der Waals surface area contributed by atoms with Crippen LogP contribution in [0.25, 0.3) is 11.3 Å². The number of hydrogen-bond acceptors (Lipinski definition) is 4. The molecular weight excluding hydrogens is 318 g/mol. The smallest absolute Gasteiger partial charge is 0.254 e. The molecule has 1 aliphatic rings. The number of carbonyl (C=O) groups excluding carboxylic acids is 1. The monoisotopic (exact) mass is 341 g/mol. The molecule has 2 aromatic rings. The third kappa shape index (κ3) is 4.26. The number of aromatic nitrogens is 2. The van der Waals surface area contributed by atoms with Crippen molar-refractivity contribution in [3.63, 3.8) is 0 Å². The maximum Gasteiger partial charge on any atom is 0.254 e. The fourth-order valence-electron chi connectivity index (χ4n) is 3.22. The van der Waals surface area contributed by atoms with E-state index in [2.05, 4.69) is 10.3 Å². The van der Waals surface area contributed by atoms with Crippen LogP contribution in [-0.4, -0.2) is 28.6 Å². The van der Waals surface area contributed by atoms with Crippen molar-refractivity contribution in [3.8, 4) is 17.0 Å². The van der Waals surface area contributed by atoms with Crippen LogP contribution in [0.1, 0.15) is 32.1 Å². The number of nitrogens with zero attached hydrogens (tertiary/aromatic N) is 2. The van der Waals surface area contributed by atoms with Crippen molar-refractivity contribution in [3.05, 3.63) is 47.0 Å². The molecule has 0 spiro atoms. The summed E-state index contributed by atoms with van der Waals surface area (Å²) in [6.45, 7) is -0.00542. The minimum absolute atomic E-state index is 0.00542. The second kappa shape index (κ2) is 7.96. The SMILES string of the molecule is COc1ccccc1-c1cc(=O)n(CC(=O)NC2CCCCC2)cn1. The summed E-state index contributed by atoms with van der Waals surface area (Å²) in [6, 6.07) is 9.06. The van der Waals surface area contributed by atoms with Crippen molar-refractivity contribution in [2.75, 3.05) is 7.11 Å². The van der Waals surface area contributed by atoms with E-state index in [-0.39, 0.29) is 24.1 Å². The number of rotatable bonds is 5. The molecule has 1 saturated carbocycles. The molecule has 0 saturated heterocycles. The number of carbonyl (C=O) groups is 1. The third-order valence-corrected chi connectivity index (χ3v) is 4.55. The van der Waals surface area contributed by atoms with Crippen LogP contribution in [-0.2, 0) is 11.3 Å². The molecule has 0 aliphatic heterocycles. The van der Waals surface area contributed by atoms with Gasteiger partial charge in [0.05, 0.1) is 19.1 Å². The van der Waals surface area contributed by atoms with Crippen molar-refractivity contribution < 1.29 is 9.53 Å². The van der Waals surface area contributed by atoms with Crippen LogP contribution < -0.4 is 15.6 Å². The zero-order chi connectivity index (χ0) is 17.6. The lowest BCUT2D eigenvalue weighted by atomic mass is 9.95. The minimum atomic E-state index is -0.255.